The Morgan fingerprint density at radius 3 is 2.44 bits per heavy atom. The van der Waals surface area contributed by atoms with Gasteiger partial charge in [-0.15, -0.1) is 0 Å². The zero-order valence-corrected chi connectivity index (χ0v) is 16.2. The molecule has 5 rings (SSSR count). The molecule has 142 valence electrons. The van der Waals surface area contributed by atoms with Crippen molar-refractivity contribution in [1.82, 2.24) is 9.80 Å². The molecule has 3 aliphatic heterocycles. The molecule has 4 heteroatoms. The van der Waals surface area contributed by atoms with Crippen LogP contribution in [0.1, 0.15) is 34.3 Å². The molecule has 0 radical (unpaired) electrons. The van der Waals surface area contributed by atoms with Crippen molar-refractivity contribution in [2.75, 3.05) is 26.7 Å². The molecule has 4 nitrogen and oxygen atoms in total. The number of amides is 1. The number of carbonyl (C=O) groups is 1. The average molecular weight is 364 g/mol. The summed E-state index contributed by atoms with van der Waals surface area (Å²) in [5, 5.41) is 0. The lowest BCUT2D eigenvalue weighted by Crippen LogP contribution is -2.47. The van der Waals surface area contributed by atoms with Gasteiger partial charge < -0.3 is 9.64 Å². The summed E-state index contributed by atoms with van der Waals surface area (Å²) in [7, 11) is 1.70. The lowest BCUT2D eigenvalue weighted by molar-refractivity contribution is 0.0585. The third-order valence-electron chi connectivity index (χ3n) is 5.91. The number of benzene rings is 2. The SMILES string of the molecule is COc1ccc(CN2C[C@@H]3CC[C@H](C2)N(C(=O)c2ccc(C)cc2)C3)cc1. The first kappa shape index (κ1) is 18.1. The Labute approximate surface area is 161 Å². The van der Waals surface area contributed by atoms with E-state index in [2.05, 4.69) is 28.9 Å². The molecule has 2 bridgehead atoms. The summed E-state index contributed by atoms with van der Waals surface area (Å²) in [6, 6.07) is 16.6. The van der Waals surface area contributed by atoms with Crippen LogP contribution in [-0.4, -0.2) is 48.5 Å². The topological polar surface area (TPSA) is 32.8 Å². The van der Waals surface area contributed by atoms with Gasteiger partial charge in [0, 0.05) is 37.8 Å². The van der Waals surface area contributed by atoms with Gasteiger partial charge in [0.15, 0.2) is 0 Å². The van der Waals surface area contributed by atoms with Gasteiger partial charge in [0.05, 0.1) is 7.11 Å². The largest absolute Gasteiger partial charge is 0.497 e. The number of carbonyl (C=O) groups excluding carboxylic acids is 1. The Morgan fingerprint density at radius 2 is 1.74 bits per heavy atom. The normalized spacial score (nSPS) is 22.5. The summed E-state index contributed by atoms with van der Waals surface area (Å²) in [6.07, 6.45) is 2.34. The number of hydrogen-bond donors (Lipinski definition) is 0. The van der Waals surface area contributed by atoms with Gasteiger partial charge in [-0.25, -0.2) is 0 Å². The molecule has 2 aromatic rings. The lowest BCUT2D eigenvalue weighted by Gasteiger charge is -2.36. The fourth-order valence-corrected chi connectivity index (χ4v) is 4.41. The van der Waals surface area contributed by atoms with Crippen molar-refractivity contribution in [2.24, 2.45) is 5.92 Å². The van der Waals surface area contributed by atoms with Crippen molar-refractivity contribution in [2.45, 2.75) is 32.4 Å². The van der Waals surface area contributed by atoms with Crippen LogP contribution in [-0.2, 0) is 6.54 Å². The van der Waals surface area contributed by atoms with Crippen molar-refractivity contribution in [3.8, 4) is 5.75 Å². The van der Waals surface area contributed by atoms with E-state index in [0.717, 1.165) is 43.9 Å². The number of fused-ring (bicyclic) bond motifs is 4. The van der Waals surface area contributed by atoms with Crippen molar-refractivity contribution < 1.29 is 9.53 Å². The number of ether oxygens (including phenoxy) is 1. The molecule has 2 aromatic carbocycles. The third-order valence-corrected chi connectivity index (χ3v) is 5.91. The molecular formula is C23H28N2O2. The summed E-state index contributed by atoms with van der Waals surface area (Å²) < 4.78 is 5.26. The Bertz CT molecular complexity index is 785. The van der Waals surface area contributed by atoms with E-state index in [1.54, 1.807) is 7.11 Å². The van der Waals surface area contributed by atoms with Crippen molar-refractivity contribution in [1.29, 1.82) is 0 Å². The second-order valence-corrected chi connectivity index (χ2v) is 7.96. The molecule has 0 N–H and O–H groups in total. The van der Waals surface area contributed by atoms with Crippen LogP contribution in [0, 0.1) is 12.8 Å². The molecule has 1 amide bonds. The van der Waals surface area contributed by atoms with E-state index < -0.39 is 0 Å². The van der Waals surface area contributed by atoms with E-state index in [-0.39, 0.29) is 5.91 Å². The maximum Gasteiger partial charge on any atom is 0.254 e. The van der Waals surface area contributed by atoms with Crippen LogP contribution in [0.4, 0.5) is 0 Å². The number of aryl methyl sites for hydroxylation is 1. The summed E-state index contributed by atoms with van der Waals surface area (Å²) in [5.74, 6) is 1.65. The Hall–Kier alpha value is -2.33. The molecular weight excluding hydrogens is 336 g/mol. The second-order valence-electron chi connectivity index (χ2n) is 7.96. The van der Waals surface area contributed by atoms with Gasteiger partial charge >= 0.3 is 0 Å². The van der Waals surface area contributed by atoms with E-state index in [1.807, 2.05) is 36.4 Å². The van der Waals surface area contributed by atoms with Gasteiger partial charge in [0.2, 0.25) is 0 Å². The molecule has 3 heterocycles. The van der Waals surface area contributed by atoms with Crippen molar-refractivity contribution >= 4 is 5.91 Å². The predicted octanol–water partition coefficient (Wildman–Crippen LogP) is 3.74. The molecule has 0 unspecified atom stereocenters. The van der Waals surface area contributed by atoms with Crippen molar-refractivity contribution in [3.63, 3.8) is 0 Å². The van der Waals surface area contributed by atoms with Crippen LogP contribution in [0.25, 0.3) is 0 Å². The molecule has 3 aliphatic rings. The summed E-state index contributed by atoms with van der Waals surface area (Å²) >= 11 is 0. The third kappa shape index (κ3) is 4.01. The minimum absolute atomic E-state index is 0.191. The molecule has 27 heavy (non-hydrogen) atoms. The highest BCUT2D eigenvalue weighted by atomic mass is 16.5. The second kappa shape index (κ2) is 7.73. The fraction of sp³-hybridized carbons (Fsp3) is 0.435. The standard InChI is InChI=1S/C23H28N2O2/c1-17-3-8-20(9-4-17)23(26)25-15-19-5-10-21(25)16-24(14-19)13-18-6-11-22(27-2)12-7-18/h3-4,6-9,11-12,19,21H,5,10,13-16H2,1-2H3/t19-,21+/m0/s1. The zero-order valence-electron chi connectivity index (χ0n) is 16.2. The van der Waals surface area contributed by atoms with Crippen LogP contribution in [0.3, 0.4) is 0 Å². The van der Waals surface area contributed by atoms with E-state index >= 15 is 0 Å². The first-order valence-corrected chi connectivity index (χ1v) is 9.85. The maximum atomic E-state index is 13.1. The van der Waals surface area contributed by atoms with Crippen LogP contribution in [0.15, 0.2) is 48.5 Å². The molecule has 0 saturated carbocycles. The highest BCUT2D eigenvalue weighted by molar-refractivity contribution is 5.94. The molecule has 0 spiro atoms. The summed E-state index contributed by atoms with van der Waals surface area (Å²) in [4.78, 5) is 17.7. The Balaban J connectivity index is 1.46. The number of hydrogen-bond acceptors (Lipinski definition) is 3. The van der Waals surface area contributed by atoms with Crippen LogP contribution in [0.2, 0.25) is 0 Å². The van der Waals surface area contributed by atoms with Gasteiger partial charge in [0.25, 0.3) is 5.91 Å². The molecule has 2 atom stereocenters. The van der Waals surface area contributed by atoms with Crippen molar-refractivity contribution in [3.05, 3.63) is 65.2 Å². The van der Waals surface area contributed by atoms with Gasteiger partial charge in [-0.2, -0.15) is 0 Å². The molecule has 3 saturated heterocycles. The molecule has 3 fully saturated rings. The average Bonchev–Trinajstić information content (AvgIpc) is 2.99. The number of nitrogens with zero attached hydrogens (tertiary/aromatic N) is 2. The number of rotatable bonds is 4. The van der Waals surface area contributed by atoms with Gasteiger partial charge in [-0.3, -0.25) is 9.69 Å². The van der Waals surface area contributed by atoms with E-state index in [4.69, 9.17) is 4.74 Å². The van der Waals surface area contributed by atoms with E-state index in [0.29, 0.717) is 12.0 Å². The minimum atomic E-state index is 0.191. The predicted molar refractivity (Wildman–Crippen MR) is 107 cm³/mol. The first-order chi connectivity index (χ1) is 13.1. The zero-order chi connectivity index (χ0) is 18.8. The smallest absolute Gasteiger partial charge is 0.254 e. The van der Waals surface area contributed by atoms with Crippen LogP contribution < -0.4 is 4.74 Å². The van der Waals surface area contributed by atoms with Gasteiger partial charge in [0.1, 0.15) is 5.75 Å². The Kier molecular flexibility index (Phi) is 5.17. The molecule has 0 aliphatic carbocycles. The molecule has 0 aromatic heterocycles. The fourth-order valence-electron chi connectivity index (χ4n) is 4.41. The van der Waals surface area contributed by atoms with Gasteiger partial charge in [-0.05, 0) is 55.5 Å². The number of piperidine rings is 1. The Morgan fingerprint density at radius 1 is 1.00 bits per heavy atom. The van der Waals surface area contributed by atoms with Crippen LogP contribution >= 0.6 is 0 Å². The maximum absolute atomic E-state index is 13.1. The lowest BCUT2D eigenvalue weighted by atomic mass is 9.94. The minimum Gasteiger partial charge on any atom is -0.497 e. The summed E-state index contributed by atoms with van der Waals surface area (Å²) in [5.41, 5.74) is 3.30. The van der Waals surface area contributed by atoms with E-state index in [9.17, 15) is 4.79 Å². The quantitative estimate of drug-likeness (QED) is 0.828. The number of methoxy groups -OCH3 is 1. The first-order valence-electron chi connectivity index (χ1n) is 9.85. The van der Waals surface area contributed by atoms with E-state index in [1.165, 1.54) is 17.5 Å². The van der Waals surface area contributed by atoms with Crippen LogP contribution in [0.5, 0.6) is 5.75 Å². The van der Waals surface area contributed by atoms with Gasteiger partial charge in [-0.1, -0.05) is 29.8 Å². The highest BCUT2D eigenvalue weighted by Crippen LogP contribution is 2.30. The monoisotopic (exact) mass is 364 g/mol. The highest BCUT2D eigenvalue weighted by Gasteiger charge is 2.37. The summed E-state index contributed by atoms with van der Waals surface area (Å²) in [6.45, 7) is 5.90.